The zero-order valence-electron chi connectivity index (χ0n) is 17.3. The molecule has 3 rings (SSSR count). The number of carbonyl (C=O) groups excluding carboxylic acids is 1. The Bertz CT molecular complexity index is 958. The van der Waals surface area contributed by atoms with E-state index in [1.807, 2.05) is 13.8 Å². The third-order valence-electron chi connectivity index (χ3n) is 4.78. The lowest BCUT2D eigenvalue weighted by atomic mass is 10.1. The molecule has 5 nitrogen and oxygen atoms in total. The normalized spacial score (nSPS) is 11.1. The number of esters is 1. The van der Waals surface area contributed by atoms with Gasteiger partial charge in [0, 0.05) is 30.6 Å². The maximum atomic E-state index is 11.5. The second kappa shape index (κ2) is 9.00. The fourth-order valence-corrected chi connectivity index (χ4v) is 3.44. The number of imidazole rings is 1. The van der Waals surface area contributed by atoms with Gasteiger partial charge < -0.3 is 4.74 Å². The molecule has 0 N–H and O–H groups in total. The average Bonchev–Trinajstić information content (AvgIpc) is 3.01. The number of benzene rings is 1. The lowest BCUT2D eigenvalue weighted by Crippen LogP contribution is -2.07. The van der Waals surface area contributed by atoms with Gasteiger partial charge in [-0.3, -0.25) is 9.36 Å². The lowest BCUT2D eigenvalue weighted by molar-refractivity contribution is -0.143. The second-order valence-electron chi connectivity index (χ2n) is 7.25. The summed E-state index contributed by atoms with van der Waals surface area (Å²) in [5.41, 5.74) is 6.26. The van der Waals surface area contributed by atoms with Crippen LogP contribution in [0, 0.1) is 13.8 Å². The van der Waals surface area contributed by atoms with Crippen molar-refractivity contribution in [2.75, 3.05) is 6.61 Å². The minimum absolute atomic E-state index is 0.120. The van der Waals surface area contributed by atoms with Crippen molar-refractivity contribution < 1.29 is 9.53 Å². The Labute approximate surface area is 166 Å². The predicted molar refractivity (Wildman–Crippen MR) is 112 cm³/mol. The van der Waals surface area contributed by atoms with Crippen LogP contribution in [0.15, 0.2) is 30.3 Å². The first kappa shape index (κ1) is 20.1. The first-order valence-corrected chi connectivity index (χ1v) is 10.1. The van der Waals surface area contributed by atoms with Crippen LogP contribution in [-0.4, -0.2) is 27.1 Å². The molecule has 0 saturated carbocycles. The highest BCUT2D eigenvalue weighted by Crippen LogP contribution is 2.24. The summed E-state index contributed by atoms with van der Waals surface area (Å²) >= 11 is 0. The van der Waals surface area contributed by atoms with Crippen LogP contribution < -0.4 is 0 Å². The van der Waals surface area contributed by atoms with Crippen molar-refractivity contribution in [1.82, 2.24) is 14.5 Å². The number of aromatic nitrogens is 3. The Morgan fingerprint density at radius 3 is 2.46 bits per heavy atom. The van der Waals surface area contributed by atoms with Gasteiger partial charge in [-0.25, -0.2) is 9.97 Å². The van der Waals surface area contributed by atoms with Gasteiger partial charge in [-0.05, 0) is 56.0 Å². The Morgan fingerprint density at radius 2 is 1.79 bits per heavy atom. The summed E-state index contributed by atoms with van der Waals surface area (Å²) in [6, 6.07) is 10.5. The van der Waals surface area contributed by atoms with E-state index in [1.54, 1.807) is 0 Å². The lowest BCUT2D eigenvalue weighted by Gasteiger charge is -2.10. The SMILES string of the molecule is CCCC(=O)OCCc1ccc(-n2c(CCC)nc3c(C)cc(C)nc32)cc1. The maximum absolute atomic E-state index is 11.5. The monoisotopic (exact) mass is 379 g/mol. The van der Waals surface area contributed by atoms with E-state index in [4.69, 9.17) is 14.7 Å². The molecular formula is C23H29N3O2. The van der Waals surface area contributed by atoms with E-state index < -0.39 is 0 Å². The van der Waals surface area contributed by atoms with Crippen LogP contribution in [0.1, 0.15) is 55.8 Å². The molecule has 0 saturated heterocycles. The van der Waals surface area contributed by atoms with E-state index in [0.717, 1.165) is 65.2 Å². The molecule has 0 radical (unpaired) electrons. The molecule has 2 heterocycles. The largest absolute Gasteiger partial charge is 0.465 e. The van der Waals surface area contributed by atoms with Gasteiger partial charge in [0.15, 0.2) is 5.65 Å². The molecule has 3 aromatic rings. The van der Waals surface area contributed by atoms with Crippen molar-refractivity contribution in [2.24, 2.45) is 0 Å². The molecule has 28 heavy (non-hydrogen) atoms. The minimum Gasteiger partial charge on any atom is -0.465 e. The van der Waals surface area contributed by atoms with Gasteiger partial charge in [0.25, 0.3) is 0 Å². The predicted octanol–water partition coefficient (Wildman–Crippen LogP) is 4.88. The molecule has 5 heteroatoms. The van der Waals surface area contributed by atoms with Crippen molar-refractivity contribution in [3.63, 3.8) is 0 Å². The first-order chi connectivity index (χ1) is 13.5. The summed E-state index contributed by atoms with van der Waals surface area (Å²) in [7, 11) is 0. The summed E-state index contributed by atoms with van der Waals surface area (Å²) < 4.78 is 7.43. The van der Waals surface area contributed by atoms with E-state index in [1.165, 1.54) is 0 Å². The topological polar surface area (TPSA) is 57.0 Å². The molecule has 0 amide bonds. The van der Waals surface area contributed by atoms with Crippen molar-refractivity contribution in [2.45, 2.75) is 59.8 Å². The Balaban J connectivity index is 1.86. The average molecular weight is 380 g/mol. The van der Waals surface area contributed by atoms with Gasteiger partial charge in [0.2, 0.25) is 0 Å². The van der Waals surface area contributed by atoms with Crippen LogP contribution in [0.5, 0.6) is 0 Å². The summed E-state index contributed by atoms with van der Waals surface area (Å²) in [5, 5.41) is 0. The van der Waals surface area contributed by atoms with Gasteiger partial charge in [0.05, 0.1) is 6.61 Å². The number of carbonyl (C=O) groups is 1. The highest BCUT2D eigenvalue weighted by Gasteiger charge is 2.15. The number of hydrogen-bond donors (Lipinski definition) is 0. The summed E-state index contributed by atoms with van der Waals surface area (Å²) in [6.45, 7) is 8.68. The number of aryl methyl sites for hydroxylation is 3. The molecule has 1 aromatic carbocycles. The molecule has 0 unspecified atom stereocenters. The minimum atomic E-state index is -0.120. The fourth-order valence-electron chi connectivity index (χ4n) is 3.44. The number of nitrogens with zero attached hydrogens (tertiary/aromatic N) is 3. The van der Waals surface area contributed by atoms with E-state index in [-0.39, 0.29) is 5.97 Å². The Kier molecular flexibility index (Phi) is 6.45. The number of fused-ring (bicyclic) bond motifs is 1. The molecular weight excluding hydrogens is 350 g/mol. The third-order valence-corrected chi connectivity index (χ3v) is 4.78. The van der Waals surface area contributed by atoms with Crippen molar-refractivity contribution in [3.05, 3.63) is 53.0 Å². The molecule has 0 bridgehead atoms. The summed E-state index contributed by atoms with van der Waals surface area (Å²) in [6.07, 6.45) is 3.96. The number of hydrogen-bond acceptors (Lipinski definition) is 4. The first-order valence-electron chi connectivity index (χ1n) is 10.1. The zero-order valence-corrected chi connectivity index (χ0v) is 17.3. The highest BCUT2D eigenvalue weighted by atomic mass is 16.5. The number of rotatable bonds is 8. The van der Waals surface area contributed by atoms with Crippen molar-refractivity contribution in [3.8, 4) is 5.69 Å². The molecule has 0 aliphatic heterocycles. The highest BCUT2D eigenvalue weighted by molar-refractivity contribution is 5.78. The van der Waals surface area contributed by atoms with Crippen LogP contribution in [0.4, 0.5) is 0 Å². The zero-order chi connectivity index (χ0) is 20.1. The van der Waals surface area contributed by atoms with Gasteiger partial charge in [-0.2, -0.15) is 0 Å². The molecule has 0 fully saturated rings. The maximum Gasteiger partial charge on any atom is 0.305 e. The molecule has 0 aliphatic rings. The molecule has 0 aliphatic carbocycles. The second-order valence-corrected chi connectivity index (χ2v) is 7.25. The van der Waals surface area contributed by atoms with Gasteiger partial charge >= 0.3 is 5.97 Å². The van der Waals surface area contributed by atoms with Crippen LogP contribution in [0.25, 0.3) is 16.9 Å². The fraction of sp³-hybridized carbons (Fsp3) is 0.435. The molecule has 0 atom stereocenters. The Morgan fingerprint density at radius 1 is 1.04 bits per heavy atom. The molecule has 148 valence electrons. The van der Waals surface area contributed by atoms with Crippen LogP contribution >= 0.6 is 0 Å². The number of ether oxygens (including phenoxy) is 1. The third kappa shape index (κ3) is 4.41. The van der Waals surface area contributed by atoms with Crippen LogP contribution in [0.2, 0.25) is 0 Å². The standard InChI is InChI=1S/C23H29N3O2/c1-5-7-20-25-22-16(3)15-17(4)24-23(22)26(20)19-11-9-18(10-12-19)13-14-28-21(27)8-6-2/h9-12,15H,5-8,13-14H2,1-4H3. The molecule has 0 spiro atoms. The van der Waals surface area contributed by atoms with E-state index >= 15 is 0 Å². The van der Waals surface area contributed by atoms with Crippen LogP contribution in [0.3, 0.4) is 0 Å². The summed E-state index contributed by atoms with van der Waals surface area (Å²) in [4.78, 5) is 21.1. The Hall–Kier alpha value is -2.69. The van der Waals surface area contributed by atoms with Crippen molar-refractivity contribution >= 4 is 17.1 Å². The summed E-state index contributed by atoms with van der Waals surface area (Å²) in [5.74, 6) is 0.921. The van der Waals surface area contributed by atoms with Gasteiger partial charge in [-0.1, -0.05) is 26.0 Å². The van der Waals surface area contributed by atoms with Crippen molar-refractivity contribution in [1.29, 1.82) is 0 Å². The quantitative estimate of drug-likeness (QED) is 0.524. The van der Waals surface area contributed by atoms with Crippen LogP contribution in [-0.2, 0) is 22.4 Å². The van der Waals surface area contributed by atoms with Gasteiger partial charge in [0.1, 0.15) is 11.3 Å². The smallest absolute Gasteiger partial charge is 0.305 e. The molecule has 2 aromatic heterocycles. The van der Waals surface area contributed by atoms with E-state index in [9.17, 15) is 4.79 Å². The van der Waals surface area contributed by atoms with E-state index in [0.29, 0.717) is 13.0 Å². The van der Waals surface area contributed by atoms with E-state index in [2.05, 4.69) is 48.7 Å². The number of pyridine rings is 1. The van der Waals surface area contributed by atoms with Gasteiger partial charge in [-0.15, -0.1) is 0 Å².